The first-order chi connectivity index (χ1) is 13.9. The van der Waals surface area contributed by atoms with Crippen LogP contribution in [0.5, 0.6) is 0 Å². The Kier molecular flexibility index (Phi) is 6.49. The summed E-state index contributed by atoms with van der Waals surface area (Å²) in [6.45, 7) is 3.75. The second kappa shape index (κ2) is 9.05. The van der Waals surface area contributed by atoms with Crippen molar-refractivity contribution in [2.24, 2.45) is 5.92 Å². The number of pyridine rings is 1. The fraction of sp³-hybridized carbons (Fsp3) is 0.333. The minimum Gasteiger partial charge on any atom is -0.452 e. The maximum atomic E-state index is 12.5. The molecular weight excluding hydrogens is 394 g/mol. The van der Waals surface area contributed by atoms with Crippen molar-refractivity contribution in [1.29, 1.82) is 0 Å². The number of aromatic nitrogens is 1. The average molecular weight is 416 g/mol. The minimum atomic E-state index is -1.04. The van der Waals surface area contributed by atoms with E-state index in [4.69, 9.17) is 16.3 Å². The Hall–Kier alpha value is -2.93. The summed E-state index contributed by atoms with van der Waals surface area (Å²) in [5.41, 5.74) is 2.25. The summed E-state index contributed by atoms with van der Waals surface area (Å²) in [6, 6.07) is 10.9. The number of benzene rings is 1. The van der Waals surface area contributed by atoms with Gasteiger partial charge in [0.15, 0.2) is 11.3 Å². The van der Waals surface area contributed by atoms with E-state index in [-0.39, 0.29) is 24.0 Å². The largest absolute Gasteiger partial charge is 0.452 e. The third kappa shape index (κ3) is 4.92. The number of amides is 2. The van der Waals surface area contributed by atoms with Gasteiger partial charge >= 0.3 is 5.97 Å². The Bertz CT molecular complexity index is 916. The Labute approximate surface area is 174 Å². The maximum Gasteiger partial charge on any atom is 0.312 e. The predicted octanol–water partition coefficient (Wildman–Crippen LogP) is 3.22. The number of nitrogens with one attached hydrogen (secondary N) is 1. The molecule has 2 atom stereocenters. The number of carbonyl (C=O) groups excluding carboxylic acids is 3. The number of aryl methyl sites for hydroxylation is 1. The van der Waals surface area contributed by atoms with Crippen LogP contribution in [0.15, 0.2) is 42.6 Å². The van der Waals surface area contributed by atoms with Gasteiger partial charge in [-0.3, -0.25) is 14.4 Å². The number of ether oxygens (including phenoxy) is 1. The summed E-state index contributed by atoms with van der Waals surface area (Å²) in [5, 5.41) is 2.72. The van der Waals surface area contributed by atoms with Crippen molar-refractivity contribution in [1.82, 2.24) is 4.98 Å². The van der Waals surface area contributed by atoms with E-state index in [1.165, 1.54) is 18.7 Å². The molecule has 0 aliphatic carbocycles. The van der Waals surface area contributed by atoms with Gasteiger partial charge in [0.1, 0.15) is 0 Å². The highest BCUT2D eigenvalue weighted by molar-refractivity contribution is 6.32. The summed E-state index contributed by atoms with van der Waals surface area (Å²) in [6.07, 6.45) is 1.43. The molecule has 0 saturated carbocycles. The molecule has 1 aromatic carbocycles. The van der Waals surface area contributed by atoms with Gasteiger partial charge < -0.3 is 15.0 Å². The van der Waals surface area contributed by atoms with E-state index in [1.54, 1.807) is 17.0 Å². The zero-order valence-corrected chi connectivity index (χ0v) is 17.0. The molecule has 1 aromatic heterocycles. The Balaban J connectivity index is 1.58. The third-order valence-electron chi connectivity index (χ3n) is 4.79. The Morgan fingerprint density at radius 2 is 2.03 bits per heavy atom. The number of rotatable bonds is 6. The number of anilines is 2. The molecule has 3 rings (SSSR count). The molecular formula is C21H22ClN3O4. The molecule has 2 aromatic rings. The molecule has 1 saturated heterocycles. The topological polar surface area (TPSA) is 88.6 Å². The number of hydrogen-bond donors (Lipinski definition) is 1. The van der Waals surface area contributed by atoms with Crippen LogP contribution in [-0.4, -0.2) is 35.4 Å². The summed E-state index contributed by atoms with van der Waals surface area (Å²) in [7, 11) is 0. The maximum absolute atomic E-state index is 12.5. The van der Waals surface area contributed by atoms with Crippen LogP contribution in [0.3, 0.4) is 0 Å². The van der Waals surface area contributed by atoms with Crippen LogP contribution < -0.4 is 10.2 Å². The van der Waals surface area contributed by atoms with Crippen molar-refractivity contribution in [3.8, 4) is 0 Å². The lowest BCUT2D eigenvalue weighted by Crippen LogP contribution is -2.33. The van der Waals surface area contributed by atoms with Crippen molar-refractivity contribution in [2.75, 3.05) is 16.8 Å². The van der Waals surface area contributed by atoms with E-state index in [0.29, 0.717) is 5.69 Å². The number of carbonyl (C=O) groups is 3. The fourth-order valence-corrected chi connectivity index (χ4v) is 3.23. The minimum absolute atomic E-state index is 0.0527. The normalized spacial score (nSPS) is 17.1. The van der Waals surface area contributed by atoms with Gasteiger partial charge in [0.2, 0.25) is 5.91 Å². The highest BCUT2D eigenvalue weighted by Crippen LogP contribution is 2.27. The summed E-state index contributed by atoms with van der Waals surface area (Å²) in [5.74, 6) is -1.86. The van der Waals surface area contributed by atoms with Crippen LogP contribution >= 0.6 is 11.6 Å². The van der Waals surface area contributed by atoms with Crippen molar-refractivity contribution in [3.05, 3.63) is 53.3 Å². The zero-order valence-electron chi connectivity index (χ0n) is 16.2. The molecule has 2 amide bonds. The molecule has 8 heteroatoms. The molecule has 1 fully saturated rings. The first-order valence-electron chi connectivity index (χ1n) is 9.40. The molecule has 0 radical (unpaired) electrons. The van der Waals surface area contributed by atoms with Crippen LogP contribution in [-0.2, 0) is 25.5 Å². The molecule has 0 unspecified atom stereocenters. The van der Waals surface area contributed by atoms with Gasteiger partial charge in [-0.1, -0.05) is 30.7 Å². The van der Waals surface area contributed by atoms with Crippen LogP contribution in [0.2, 0.25) is 5.15 Å². The lowest BCUT2D eigenvalue weighted by molar-refractivity contribution is -0.157. The average Bonchev–Trinajstić information content (AvgIpc) is 3.11. The number of halogens is 1. The van der Waals surface area contributed by atoms with Crippen molar-refractivity contribution < 1.29 is 19.1 Å². The number of hydrogen-bond acceptors (Lipinski definition) is 5. The van der Waals surface area contributed by atoms with E-state index in [0.717, 1.165) is 12.1 Å². The molecule has 0 bridgehead atoms. The van der Waals surface area contributed by atoms with E-state index in [9.17, 15) is 14.4 Å². The van der Waals surface area contributed by atoms with Gasteiger partial charge in [0.05, 0.1) is 11.6 Å². The summed E-state index contributed by atoms with van der Waals surface area (Å²) in [4.78, 5) is 42.6. The summed E-state index contributed by atoms with van der Waals surface area (Å²) < 4.78 is 5.28. The second-order valence-corrected chi connectivity index (χ2v) is 7.19. The standard InChI is InChI=1S/C21H22ClN3O4/c1-3-14-6-8-16(9-7-14)25-12-15(11-18(25)26)21(28)29-13(2)20(27)24-17-5-4-10-23-19(17)22/h4-10,13,15H,3,11-12H2,1-2H3,(H,24,27)/t13-,15-/m0/s1. The van der Waals surface area contributed by atoms with E-state index in [2.05, 4.69) is 17.2 Å². The SMILES string of the molecule is CCc1ccc(N2C[C@@H](C(=O)O[C@@H](C)C(=O)Nc3cccnc3Cl)CC2=O)cc1. The number of nitrogens with zero attached hydrogens (tertiary/aromatic N) is 2. The Morgan fingerprint density at radius 3 is 2.69 bits per heavy atom. The lowest BCUT2D eigenvalue weighted by atomic mass is 10.1. The van der Waals surface area contributed by atoms with Crippen LogP contribution in [0.1, 0.15) is 25.8 Å². The quantitative estimate of drug-likeness (QED) is 0.578. The first kappa shape index (κ1) is 20.8. The number of esters is 1. The summed E-state index contributed by atoms with van der Waals surface area (Å²) >= 11 is 5.92. The molecule has 1 aliphatic heterocycles. The zero-order chi connectivity index (χ0) is 21.0. The molecule has 152 valence electrons. The molecule has 7 nitrogen and oxygen atoms in total. The van der Waals surface area contributed by atoms with Crippen molar-refractivity contribution in [2.45, 2.75) is 32.8 Å². The fourth-order valence-electron chi connectivity index (χ4n) is 3.06. The molecule has 1 aliphatic rings. The van der Waals surface area contributed by atoms with Gasteiger partial charge in [-0.15, -0.1) is 0 Å². The smallest absolute Gasteiger partial charge is 0.312 e. The van der Waals surface area contributed by atoms with Gasteiger partial charge in [0.25, 0.3) is 5.91 Å². The van der Waals surface area contributed by atoms with Gasteiger partial charge in [-0.25, -0.2) is 4.98 Å². The molecule has 2 heterocycles. The molecule has 1 N–H and O–H groups in total. The van der Waals surface area contributed by atoms with Crippen molar-refractivity contribution in [3.63, 3.8) is 0 Å². The highest BCUT2D eigenvalue weighted by atomic mass is 35.5. The Morgan fingerprint density at radius 1 is 1.31 bits per heavy atom. The first-order valence-corrected chi connectivity index (χ1v) is 9.78. The van der Waals surface area contributed by atoms with E-state index < -0.39 is 23.9 Å². The lowest BCUT2D eigenvalue weighted by Gasteiger charge is -2.18. The molecule has 0 spiro atoms. The van der Waals surface area contributed by atoms with Gasteiger partial charge in [-0.05, 0) is 43.2 Å². The third-order valence-corrected chi connectivity index (χ3v) is 5.09. The van der Waals surface area contributed by atoms with Crippen molar-refractivity contribution >= 4 is 40.8 Å². The van der Waals surface area contributed by atoms with E-state index in [1.807, 2.05) is 24.3 Å². The van der Waals surface area contributed by atoms with Crippen LogP contribution in [0.4, 0.5) is 11.4 Å². The second-order valence-electron chi connectivity index (χ2n) is 6.84. The monoisotopic (exact) mass is 415 g/mol. The van der Waals surface area contributed by atoms with E-state index >= 15 is 0 Å². The predicted molar refractivity (Wildman–Crippen MR) is 110 cm³/mol. The van der Waals surface area contributed by atoms with Crippen LogP contribution in [0.25, 0.3) is 0 Å². The van der Waals surface area contributed by atoms with Gasteiger partial charge in [-0.2, -0.15) is 0 Å². The highest BCUT2D eigenvalue weighted by Gasteiger charge is 2.37. The van der Waals surface area contributed by atoms with Crippen LogP contribution in [0, 0.1) is 5.92 Å². The van der Waals surface area contributed by atoms with Gasteiger partial charge in [0, 0.05) is 24.8 Å². The molecule has 29 heavy (non-hydrogen) atoms.